The number of β-amino-alcohol motifs (C(OH)–C–C–N with tert-alkyl or cyclic N) is 1. The minimum absolute atomic E-state index is 0.0512. The highest BCUT2D eigenvalue weighted by Crippen LogP contribution is 2.65. The fourth-order valence-electron chi connectivity index (χ4n) is 5.79. The maximum Gasteiger partial charge on any atom is 0.247 e. The predicted octanol–water partition coefficient (Wildman–Crippen LogP) is 1.28. The molecule has 1 unspecified atom stereocenters. The lowest BCUT2D eigenvalue weighted by Gasteiger charge is -2.36. The molecular formula is C23H33N3O4S. The Kier molecular flexibility index (Phi) is 5.98. The van der Waals surface area contributed by atoms with Gasteiger partial charge in [0.15, 0.2) is 0 Å². The van der Waals surface area contributed by atoms with Crippen LogP contribution in [0.5, 0.6) is 0 Å². The number of likely N-dealkylation sites (N-methyl/N-ethyl adjacent to an activating group) is 1. The highest BCUT2D eigenvalue weighted by Gasteiger charge is 2.73. The summed E-state index contributed by atoms with van der Waals surface area (Å²) in [6.45, 7) is 5.73. The average Bonchev–Trinajstić information content (AvgIpc) is 3.00. The first kappa shape index (κ1) is 22.4. The summed E-state index contributed by atoms with van der Waals surface area (Å²) in [6.07, 6.45) is 11.1. The van der Waals surface area contributed by atoms with Crippen molar-refractivity contribution < 1.29 is 19.5 Å². The van der Waals surface area contributed by atoms with Gasteiger partial charge in [-0.2, -0.15) is 0 Å². The van der Waals surface area contributed by atoms with E-state index in [1.165, 1.54) is 0 Å². The van der Waals surface area contributed by atoms with Gasteiger partial charge in [-0.25, -0.2) is 0 Å². The van der Waals surface area contributed by atoms with Crippen LogP contribution in [0, 0.1) is 11.8 Å². The van der Waals surface area contributed by atoms with Crippen LogP contribution in [0.25, 0.3) is 0 Å². The Morgan fingerprint density at radius 3 is 2.48 bits per heavy atom. The third kappa shape index (κ3) is 3.33. The third-order valence-corrected chi connectivity index (χ3v) is 9.01. The Balaban J connectivity index is 1.79. The standard InChI is InChI=1S/C23H33N3O4S/c1-4-5-6-12-25-13-8-10-23-17(20(29)26(14-15-27)18(23)21(25)30)16-19(28)24(3)11-7-9-22(16,2)31-23/h7-10,16-18,27H,4-6,11-15H2,1-3H3/t16-,17+,18?,22+,23+/m1/s1. The number of amides is 3. The summed E-state index contributed by atoms with van der Waals surface area (Å²) in [5, 5.41) is 9.68. The van der Waals surface area contributed by atoms with Gasteiger partial charge >= 0.3 is 0 Å². The molecular weight excluding hydrogens is 414 g/mol. The molecule has 170 valence electrons. The topological polar surface area (TPSA) is 81.2 Å². The molecule has 0 bridgehead atoms. The number of rotatable bonds is 6. The number of thioether (sulfide) groups is 1. The second-order valence-corrected chi connectivity index (χ2v) is 11.1. The Labute approximate surface area is 188 Å². The second kappa shape index (κ2) is 8.28. The normalized spacial score (nSPS) is 37.1. The summed E-state index contributed by atoms with van der Waals surface area (Å²) < 4.78 is -1.37. The first-order chi connectivity index (χ1) is 14.8. The first-order valence-corrected chi connectivity index (χ1v) is 12.1. The maximum absolute atomic E-state index is 13.8. The smallest absolute Gasteiger partial charge is 0.247 e. The third-order valence-electron chi connectivity index (χ3n) is 7.21. The predicted molar refractivity (Wildman–Crippen MR) is 120 cm³/mol. The van der Waals surface area contributed by atoms with Gasteiger partial charge in [0.05, 0.1) is 23.2 Å². The number of unbranched alkanes of at least 4 members (excludes halogenated alkanes) is 2. The molecule has 4 aliphatic heterocycles. The van der Waals surface area contributed by atoms with Gasteiger partial charge < -0.3 is 19.8 Å². The first-order valence-electron chi connectivity index (χ1n) is 11.3. The van der Waals surface area contributed by atoms with Crippen molar-refractivity contribution in [3.8, 4) is 0 Å². The molecule has 0 radical (unpaired) electrons. The minimum atomic E-state index is -0.805. The van der Waals surface area contributed by atoms with Crippen molar-refractivity contribution in [2.75, 3.05) is 39.8 Å². The number of carbonyl (C=O) groups excluding carboxylic acids is 3. The molecule has 5 atom stereocenters. The summed E-state index contributed by atoms with van der Waals surface area (Å²) in [5.41, 5.74) is 0. The van der Waals surface area contributed by atoms with E-state index < -0.39 is 27.4 Å². The van der Waals surface area contributed by atoms with Crippen molar-refractivity contribution in [1.82, 2.24) is 14.7 Å². The number of aliphatic hydroxyl groups excluding tert-OH is 1. The lowest BCUT2D eigenvalue weighted by molar-refractivity contribution is -0.144. The summed E-state index contributed by atoms with van der Waals surface area (Å²) in [5.74, 6) is -1.46. The summed E-state index contributed by atoms with van der Waals surface area (Å²) in [7, 11) is 1.76. The Hall–Kier alpha value is -1.80. The van der Waals surface area contributed by atoms with Gasteiger partial charge in [-0.1, -0.05) is 44.1 Å². The van der Waals surface area contributed by atoms with Crippen LogP contribution < -0.4 is 0 Å². The zero-order valence-corrected chi connectivity index (χ0v) is 19.4. The zero-order valence-electron chi connectivity index (χ0n) is 18.6. The number of likely N-dealkylation sites (tertiary alicyclic amines) is 1. The lowest BCUT2D eigenvalue weighted by atomic mass is 9.74. The fourth-order valence-corrected chi connectivity index (χ4v) is 7.95. The molecule has 2 fully saturated rings. The van der Waals surface area contributed by atoms with Gasteiger partial charge in [-0.05, 0) is 13.3 Å². The van der Waals surface area contributed by atoms with Crippen LogP contribution in [0.2, 0.25) is 0 Å². The number of fused-ring (bicyclic) bond motifs is 2. The van der Waals surface area contributed by atoms with Crippen molar-refractivity contribution in [1.29, 1.82) is 0 Å². The van der Waals surface area contributed by atoms with E-state index in [1.54, 1.807) is 28.6 Å². The Morgan fingerprint density at radius 2 is 1.77 bits per heavy atom. The second-order valence-electron chi connectivity index (χ2n) is 9.27. The number of hydrogen-bond donors (Lipinski definition) is 1. The molecule has 4 aliphatic rings. The van der Waals surface area contributed by atoms with Crippen LogP contribution in [0.1, 0.15) is 33.1 Å². The van der Waals surface area contributed by atoms with Gasteiger partial charge in [0.2, 0.25) is 17.7 Å². The van der Waals surface area contributed by atoms with Crippen molar-refractivity contribution in [3.05, 3.63) is 24.3 Å². The summed E-state index contributed by atoms with van der Waals surface area (Å²) in [6, 6.07) is -0.696. The van der Waals surface area contributed by atoms with E-state index in [-0.39, 0.29) is 30.9 Å². The van der Waals surface area contributed by atoms with Gasteiger partial charge in [0, 0.05) is 38.0 Å². The van der Waals surface area contributed by atoms with Crippen LogP contribution in [0.4, 0.5) is 0 Å². The number of aliphatic hydroxyl groups is 1. The molecule has 0 saturated carbocycles. The van der Waals surface area contributed by atoms with Crippen LogP contribution in [0.3, 0.4) is 0 Å². The van der Waals surface area contributed by atoms with E-state index in [9.17, 15) is 19.5 Å². The van der Waals surface area contributed by atoms with E-state index in [1.807, 2.05) is 30.1 Å². The molecule has 4 heterocycles. The zero-order chi connectivity index (χ0) is 22.4. The van der Waals surface area contributed by atoms with Crippen LogP contribution in [-0.2, 0) is 14.4 Å². The fraction of sp³-hybridized carbons (Fsp3) is 0.696. The van der Waals surface area contributed by atoms with Crippen molar-refractivity contribution in [2.45, 2.75) is 48.6 Å². The highest BCUT2D eigenvalue weighted by atomic mass is 32.2. The Morgan fingerprint density at radius 1 is 1.03 bits per heavy atom. The van der Waals surface area contributed by atoms with E-state index in [0.29, 0.717) is 19.6 Å². The molecule has 2 saturated heterocycles. The van der Waals surface area contributed by atoms with E-state index in [2.05, 4.69) is 13.0 Å². The average molecular weight is 448 g/mol. The van der Waals surface area contributed by atoms with Crippen LogP contribution >= 0.6 is 11.8 Å². The molecule has 31 heavy (non-hydrogen) atoms. The van der Waals surface area contributed by atoms with E-state index in [4.69, 9.17) is 0 Å². The number of hydrogen-bond acceptors (Lipinski definition) is 5. The van der Waals surface area contributed by atoms with Gasteiger partial charge in [-0.15, -0.1) is 11.8 Å². The van der Waals surface area contributed by atoms with Crippen LogP contribution in [0.15, 0.2) is 24.3 Å². The van der Waals surface area contributed by atoms with Crippen molar-refractivity contribution in [3.63, 3.8) is 0 Å². The molecule has 0 aliphatic carbocycles. The van der Waals surface area contributed by atoms with E-state index in [0.717, 1.165) is 19.3 Å². The van der Waals surface area contributed by atoms with Crippen molar-refractivity contribution in [2.24, 2.45) is 11.8 Å². The largest absolute Gasteiger partial charge is 0.395 e. The SMILES string of the molecule is CCCCCN1CC=C[C@]23S[C@@]4(C)C=CCN(C)C(=O)[C@H]4[C@H]2C(=O)N(CCO)C3C1=O. The molecule has 0 aromatic carbocycles. The van der Waals surface area contributed by atoms with Crippen molar-refractivity contribution >= 4 is 29.5 Å². The van der Waals surface area contributed by atoms with E-state index >= 15 is 0 Å². The minimum Gasteiger partial charge on any atom is -0.395 e. The Bertz CT molecular complexity index is 830. The van der Waals surface area contributed by atoms with Crippen LogP contribution in [-0.4, -0.2) is 92.9 Å². The molecule has 1 spiro atoms. The maximum atomic E-state index is 13.8. The molecule has 3 amide bonds. The highest BCUT2D eigenvalue weighted by molar-refractivity contribution is 8.02. The monoisotopic (exact) mass is 447 g/mol. The van der Waals surface area contributed by atoms with Gasteiger partial charge in [-0.3, -0.25) is 14.4 Å². The molecule has 8 heteroatoms. The molecule has 0 aromatic heterocycles. The summed E-state index contributed by atoms with van der Waals surface area (Å²) >= 11 is 1.59. The molecule has 7 nitrogen and oxygen atoms in total. The molecule has 0 aromatic rings. The molecule has 4 rings (SSSR count). The quantitative estimate of drug-likeness (QED) is 0.490. The lowest BCUT2D eigenvalue weighted by Crippen LogP contribution is -2.54. The summed E-state index contributed by atoms with van der Waals surface area (Å²) in [4.78, 5) is 46.0. The van der Waals surface area contributed by atoms with Gasteiger partial charge in [0.25, 0.3) is 0 Å². The van der Waals surface area contributed by atoms with Gasteiger partial charge in [0.1, 0.15) is 6.04 Å². The number of nitrogens with zero attached hydrogens (tertiary/aromatic N) is 3. The number of carbonyl (C=O) groups is 3. The molecule has 1 N–H and O–H groups in total.